The lowest BCUT2D eigenvalue weighted by Gasteiger charge is -2.09. The summed E-state index contributed by atoms with van der Waals surface area (Å²) in [6.45, 7) is 4.20. The Morgan fingerprint density at radius 2 is 2.43 bits per heavy atom. The quantitative estimate of drug-likeness (QED) is 0.734. The predicted molar refractivity (Wildman–Crippen MR) is 52.1 cm³/mol. The zero-order valence-corrected chi connectivity index (χ0v) is 8.43. The van der Waals surface area contributed by atoms with Crippen LogP contribution in [0.25, 0.3) is 0 Å². The van der Waals surface area contributed by atoms with Crippen molar-refractivity contribution < 1.29 is 14.6 Å². The van der Waals surface area contributed by atoms with Gasteiger partial charge in [-0.15, -0.1) is 0 Å². The van der Waals surface area contributed by atoms with Crippen LogP contribution in [0, 0.1) is 0 Å². The van der Waals surface area contributed by atoms with Crippen LogP contribution < -0.4 is 0 Å². The van der Waals surface area contributed by atoms with Crippen LogP contribution in [0.1, 0.15) is 24.3 Å². The summed E-state index contributed by atoms with van der Waals surface area (Å²) in [4.78, 5) is 11.4. The molecule has 4 heteroatoms. The number of carbonyl (C=O) groups is 1. The molecule has 4 nitrogen and oxygen atoms in total. The van der Waals surface area contributed by atoms with Crippen molar-refractivity contribution in [2.75, 3.05) is 6.61 Å². The highest BCUT2D eigenvalue weighted by molar-refractivity contribution is 5.87. The molecule has 0 saturated heterocycles. The maximum absolute atomic E-state index is 11.4. The molecule has 0 aliphatic rings. The molecule has 0 amide bonds. The van der Waals surface area contributed by atoms with E-state index >= 15 is 0 Å². The molecule has 0 aliphatic carbocycles. The van der Waals surface area contributed by atoms with Crippen molar-refractivity contribution >= 4 is 5.97 Å². The van der Waals surface area contributed by atoms with Crippen molar-refractivity contribution in [3.05, 3.63) is 24.0 Å². The van der Waals surface area contributed by atoms with Crippen LogP contribution in [-0.4, -0.2) is 28.4 Å². The average Bonchev–Trinajstić information content (AvgIpc) is 2.51. The molecule has 0 aromatic carbocycles. The largest absolute Gasteiger partial charge is 0.461 e. The summed E-state index contributed by atoms with van der Waals surface area (Å²) in [5, 5.41) is 9.19. The van der Waals surface area contributed by atoms with E-state index in [1.807, 2.05) is 0 Å². The molecule has 1 atom stereocenters. The van der Waals surface area contributed by atoms with Gasteiger partial charge in [-0.2, -0.15) is 0 Å². The number of aliphatic hydroxyl groups excluding tert-OH is 1. The second-order valence-corrected chi connectivity index (χ2v) is 3.12. The van der Waals surface area contributed by atoms with Crippen molar-refractivity contribution in [2.24, 2.45) is 0 Å². The Kier molecular flexibility index (Phi) is 3.71. The number of esters is 1. The SMILES string of the molecule is CCOC(=O)c1cccn1CC(C)O. The molecular formula is C10H15NO3. The summed E-state index contributed by atoms with van der Waals surface area (Å²) in [6.07, 6.45) is 1.27. The van der Waals surface area contributed by atoms with E-state index in [-0.39, 0.29) is 5.97 Å². The third-order valence-corrected chi connectivity index (χ3v) is 1.78. The molecule has 0 fully saturated rings. The van der Waals surface area contributed by atoms with E-state index in [0.29, 0.717) is 18.8 Å². The second-order valence-electron chi connectivity index (χ2n) is 3.12. The third kappa shape index (κ3) is 2.60. The Morgan fingerprint density at radius 3 is 3.00 bits per heavy atom. The molecule has 1 N–H and O–H groups in total. The van der Waals surface area contributed by atoms with Gasteiger partial charge in [0.25, 0.3) is 0 Å². The third-order valence-electron chi connectivity index (χ3n) is 1.78. The smallest absolute Gasteiger partial charge is 0.354 e. The number of hydrogen-bond donors (Lipinski definition) is 1. The number of rotatable bonds is 4. The number of carbonyl (C=O) groups excluding carboxylic acids is 1. The van der Waals surface area contributed by atoms with Gasteiger partial charge in [0, 0.05) is 12.7 Å². The van der Waals surface area contributed by atoms with Gasteiger partial charge >= 0.3 is 5.97 Å². The number of hydrogen-bond acceptors (Lipinski definition) is 3. The number of aliphatic hydroxyl groups is 1. The molecule has 78 valence electrons. The molecule has 0 bridgehead atoms. The topological polar surface area (TPSA) is 51.5 Å². The van der Waals surface area contributed by atoms with Crippen molar-refractivity contribution in [2.45, 2.75) is 26.5 Å². The molecule has 0 saturated carbocycles. The van der Waals surface area contributed by atoms with Crippen molar-refractivity contribution in [1.82, 2.24) is 4.57 Å². The Morgan fingerprint density at radius 1 is 1.71 bits per heavy atom. The van der Waals surface area contributed by atoms with Crippen LogP contribution in [-0.2, 0) is 11.3 Å². The summed E-state index contributed by atoms with van der Waals surface area (Å²) >= 11 is 0. The van der Waals surface area contributed by atoms with Gasteiger partial charge in [-0.3, -0.25) is 0 Å². The van der Waals surface area contributed by atoms with E-state index in [4.69, 9.17) is 4.74 Å². The first-order valence-corrected chi connectivity index (χ1v) is 4.65. The van der Waals surface area contributed by atoms with Crippen LogP contribution in [0.4, 0.5) is 0 Å². The first-order valence-electron chi connectivity index (χ1n) is 4.65. The zero-order chi connectivity index (χ0) is 10.6. The van der Waals surface area contributed by atoms with Crippen LogP contribution >= 0.6 is 0 Å². The molecule has 1 aromatic heterocycles. The molecular weight excluding hydrogens is 182 g/mol. The highest BCUT2D eigenvalue weighted by atomic mass is 16.5. The van der Waals surface area contributed by atoms with Gasteiger partial charge in [0.05, 0.1) is 12.7 Å². The minimum atomic E-state index is -0.476. The van der Waals surface area contributed by atoms with Gasteiger partial charge in [-0.05, 0) is 26.0 Å². The van der Waals surface area contributed by atoms with Gasteiger partial charge in [0.15, 0.2) is 0 Å². The summed E-state index contributed by atoms with van der Waals surface area (Å²) in [7, 11) is 0. The molecule has 14 heavy (non-hydrogen) atoms. The summed E-state index contributed by atoms with van der Waals surface area (Å²) in [6, 6.07) is 3.44. The number of ether oxygens (including phenoxy) is 1. The predicted octanol–water partition coefficient (Wildman–Crippen LogP) is 1.05. The summed E-state index contributed by atoms with van der Waals surface area (Å²) in [5.41, 5.74) is 0.479. The lowest BCUT2D eigenvalue weighted by Crippen LogP contribution is -2.17. The molecule has 0 radical (unpaired) electrons. The zero-order valence-electron chi connectivity index (χ0n) is 8.43. The van der Waals surface area contributed by atoms with E-state index in [1.54, 1.807) is 36.7 Å². The Hall–Kier alpha value is -1.29. The highest BCUT2D eigenvalue weighted by Gasteiger charge is 2.12. The summed E-state index contributed by atoms with van der Waals surface area (Å²) < 4.78 is 6.55. The molecule has 0 aliphatic heterocycles. The van der Waals surface area contributed by atoms with Crippen molar-refractivity contribution in [3.63, 3.8) is 0 Å². The molecule has 1 rings (SSSR count). The highest BCUT2D eigenvalue weighted by Crippen LogP contribution is 2.05. The van der Waals surface area contributed by atoms with Crippen LogP contribution in [0.15, 0.2) is 18.3 Å². The Balaban J connectivity index is 2.76. The Labute approximate surface area is 83.1 Å². The minimum absolute atomic E-state index is 0.349. The van der Waals surface area contributed by atoms with E-state index < -0.39 is 6.10 Å². The number of nitrogens with zero attached hydrogens (tertiary/aromatic N) is 1. The van der Waals surface area contributed by atoms with Crippen LogP contribution in [0.3, 0.4) is 0 Å². The van der Waals surface area contributed by atoms with Crippen LogP contribution in [0.5, 0.6) is 0 Å². The maximum atomic E-state index is 11.4. The van der Waals surface area contributed by atoms with Gasteiger partial charge in [-0.1, -0.05) is 0 Å². The first kappa shape index (κ1) is 10.8. The molecule has 0 spiro atoms. The van der Waals surface area contributed by atoms with Gasteiger partial charge in [0.1, 0.15) is 5.69 Å². The standard InChI is InChI=1S/C10H15NO3/c1-3-14-10(13)9-5-4-6-11(9)7-8(2)12/h4-6,8,12H,3,7H2,1-2H3. The van der Waals surface area contributed by atoms with Crippen molar-refractivity contribution in [1.29, 1.82) is 0 Å². The Bertz CT molecular complexity index is 304. The molecule has 1 unspecified atom stereocenters. The van der Waals surface area contributed by atoms with Crippen molar-refractivity contribution in [3.8, 4) is 0 Å². The van der Waals surface area contributed by atoms with E-state index in [9.17, 15) is 9.90 Å². The lowest BCUT2D eigenvalue weighted by molar-refractivity contribution is 0.0510. The molecule has 1 heterocycles. The van der Waals surface area contributed by atoms with E-state index in [1.165, 1.54) is 0 Å². The lowest BCUT2D eigenvalue weighted by atomic mass is 10.4. The maximum Gasteiger partial charge on any atom is 0.354 e. The monoisotopic (exact) mass is 197 g/mol. The summed E-state index contributed by atoms with van der Waals surface area (Å²) in [5.74, 6) is -0.349. The fraction of sp³-hybridized carbons (Fsp3) is 0.500. The fourth-order valence-electron chi connectivity index (χ4n) is 1.25. The minimum Gasteiger partial charge on any atom is -0.461 e. The second kappa shape index (κ2) is 4.81. The molecule has 1 aromatic rings. The number of aromatic nitrogens is 1. The van der Waals surface area contributed by atoms with Gasteiger partial charge < -0.3 is 14.4 Å². The normalized spacial score (nSPS) is 12.5. The first-order chi connectivity index (χ1) is 6.65. The van der Waals surface area contributed by atoms with Gasteiger partial charge in [0.2, 0.25) is 0 Å². The van der Waals surface area contributed by atoms with E-state index in [2.05, 4.69) is 0 Å². The average molecular weight is 197 g/mol. The van der Waals surface area contributed by atoms with E-state index in [0.717, 1.165) is 0 Å². The van der Waals surface area contributed by atoms with Gasteiger partial charge in [-0.25, -0.2) is 4.79 Å². The fourth-order valence-corrected chi connectivity index (χ4v) is 1.25. The van der Waals surface area contributed by atoms with Crippen LogP contribution in [0.2, 0.25) is 0 Å².